The smallest absolute Gasteiger partial charge is 0.335 e. The van der Waals surface area contributed by atoms with E-state index in [4.69, 9.17) is 5.11 Å². The second-order valence-electron chi connectivity index (χ2n) is 2.95. The largest absolute Gasteiger partial charge is 0.478 e. The van der Waals surface area contributed by atoms with E-state index in [9.17, 15) is 4.79 Å². The molecule has 2 rings (SSSR count). The summed E-state index contributed by atoms with van der Waals surface area (Å²) < 4.78 is 2.74. The summed E-state index contributed by atoms with van der Waals surface area (Å²) in [6, 6.07) is 4.96. The van der Waals surface area contributed by atoms with E-state index >= 15 is 0 Å². The first-order valence-electron chi connectivity index (χ1n) is 3.95. The van der Waals surface area contributed by atoms with Crippen molar-refractivity contribution >= 4 is 39.5 Å². The van der Waals surface area contributed by atoms with E-state index < -0.39 is 5.97 Å². The van der Waals surface area contributed by atoms with E-state index in [1.54, 1.807) is 22.9 Å². The molecule has 0 saturated carbocycles. The van der Waals surface area contributed by atoms with Gasteiger partial charge in [0.2, 0.25) is 0 Å². The molecule has 14 heavy (non-hydrogen) atoms. The quantitative estimate of drug-likeness (QED) is 0.818. The zero-order chi connectivity index (χ0) is 10.3. The van der Waals surface area contributed by atoms with Crippen LogP contribution in [0.1, 0.15) is 10.4 Å². The number of rotatable bonds is 1. The number of carboxylic acid groups (broad SMARTS) is 1. The van der Waals surface area contributed by atoms with Gasteiger partial charge in [-0.1, -0.05) is 0 Å². The third-order valence-electron chi connectivity index (χ3n) is 2.01. The standard InChI is InChI=1S/C9H7IN2O2/c1-12-8(10)6-3-2-5(9(13)14)4-7(6)11-12/h2-4H,1H3,(H,13,14). The van der Waals surface area contributed by atoms with Gasteiger partial charge >= 0.3 is 5.97 Å². The fourth-order valence-corrected chi connectivity index (χ4v) is 1.87. The molecule has 0 amide bonds. The van der Waals surface area contributed by atoms with Crippen LogP contribution in [0.5, 0.6) is 0 Å². The minimum absolute atomic E-state index is 0.270. The third-order valence-corrected chi connectivity index (χ3v) is 3.29. The molecule has 4 nitrogen and oxygen atoms in total. The van der Waals surface area contributed by atoms with Gasteiger partial charge in [0.25, 0.3) is 0 Å². The molecule has 0 atom stereocenters. The summed E-state index contributed by atoms with van der Waals surface area (Å²) >= 11 is 2.18. The van der Waals surface area contributed by atoms with Crippen molar-refractivity contribution in [2.45, 2.75) is 0 Å². The van der Waals surface area contributed by atoms with Crippen LogP contribution in [0.2, 0.25) is 0 Å². The Hall–Kier alpha value is -1.11. The molecule has 0 saturated heterocycles. The summed E-state index contributed by atoms with van der Waals surface area (Å²) in [6.45, 7) is 0. The second kappa shape index (κ2) is 3.23. The Kier molecular flexibility index (Phi) is 2.18. The molecule has 0 aliphatic heterocycles. The minimum atomic E-state index is -0.924. The lowest BCUT2D eigenvalue weighted by Gasteiger charge is -1.92. The molecule has 0 bridgehead atoms. The van der Waals surface area contributed by atoms with Crippen molar-refractivity contribution in [2.75, 3.05) is 0 Å². The van der Waals surface area contributed by atoms with Gasteiger partial charge in [0, 0.05) is 12.4 Å². The van der Waals surface area contributed by atoms with Crippen molar-refractivity contribution in [2.24, 2.45) is 7.05 Å². The van der Waals surface area contributed by atoms with Gasteiger partial charge in [-0.3, -0.25) is 4.68 Å². The van der Waals surface area contributed by atoms with Crippen molar-refractivity contribution in [3.05, 3.63) is 27.5 Å². The molecule has 1 heterocycles. The number of halogens is 1. The number of aromatic nitrogens is 2. The zero-order valence-corrected chi connectivity index (χ0v) is 9.52. The maximum Gasteiger partial charge on any atom is 0.335 e. The van der Waals surface area contributed by atoms with E-state index in [-0.39, 0.29) is 5.56 Å². The monoisotopic (exact) mass is 302 g/mol. The first kappa shape index (κ1) is 9.45. The number of nitrogens with zero attached hydrogens (tertiary/aromatic N) is 2. The first-order chi connectivity index (χ1) is 6.59. The van der Waals surface area contributed by atoms with Crippen LogP contribution in [-0.2, 0) is 7.05 Å². The van der Waals surface area contributed by atoms with E-state index in [2.05, 4.69) is 27.7 Å². The summed E-state index contributed by atoms with van der Waals surface area (Å²) in [5.74, 6) is -0.924. The van der Waals surface area contributed by atoms with Crippen LogP contribution in [0.25, 0.3) is 10.9 Å². The lowest BCUT2D eigenvalue weighted by Crippen LogP contribution is -1.94. The first-order valence-corrected chi connectivity index (χ1v) is 5.03. The van der Waals surface area contributed by atoms with Gasteiger partial charge < -0.3 is 5.11 Å². The van der Waals surface area contributed by atoms with Crippen LogP contribution in [0.3, 0.4) is 0 Å². The molecule has 2 aromatic rings. The average molecular weight is 302 g/mol. The maximum atomic E-state index is 10.7. The number of aromatic carboxylic acids is 1. The second-order valence-corrected chi connectivity index (χ2v) is 3.97. The summed E-state index contributed by atoms with van der Waals surface area (Å²) in [6.07, 6.45) is 0. The van der Waals surface area contributed by atoms with Crippen LogP contribution in [-0.4, -0.2) is 20.9 Å². The van der Waals surface area contributed by atoms with Crippen LogP contribution < -0.4 is 0 Å². The molecular weight excluding hydrogens is 295 g/mol. The Morgan fingerprint density at radius 2 is 2.29 bits per heavy atom. The molecule has 0 unspecified atom stereocenters. The normalized spacial score (nSPS) is 10.7. The lowest BCUT2D eigenvalue weighted by molar-refractivity contribution is 0.0697. The molecule has 0 radical (unpaired) electrons. The molecule has 1 N–H and O–H groups in total. The van der Waals surface area contributed by atoms with E-state index in [1.165, 1.54) is 0 Å². The number of carbonyl (C=O) groups is 1. The van der Waals surface area contributed by atoms with Gasteiger partial charge in [0.15, 0.2) is 0 Å². The Balaban J connectivity index is 2.73. The van der Waals surface area contributed by atoms with E-state index in [1.807, 2.05) is 7.05 Å². The van der Waals surface area contributed by atoms with Gasteiger partial charge in [-0.05, 0) is 40.8 Å². The van der Waals surface area contributed by atoms with Crippen LogP contribution in [0.15, 0.2) is 18.2 Å². The number of fused-ring (bicyclic) bond motifs is 1. The van der Waals surface area contributed by atoms with Crippen molar-refractivity contribution in [3.63, 3.8) is 0 Å². The van der Waals surface area contributed by atoms with Gasteiger partial charge in [-0.25, -0.2) is 4.79 Å². The molecule has 1 aromatic heterocycles. The Morgan fingerprint density at radius 1 is 1.57 bits per heavy atom. The molecule has 5 heteroatoms. The number of hydrogen-bond donors (Lipinski definition) is 1. The predicted octanol–water partition coefficient (Wildman–Crippen LogP) is 1.88. The van der Waals surface area contributed by atoms with Crippen molar-refractivity contribution < 1.29 is 9.90 Å². The fraction of sp³-hybridized carbons (Fsp3) is 0.111. The van der Waals surface area contributed by atoms with Gasteiger partial charge in [0.1, 0.15) is 3.70 Å². The van der Waals surface area contributed by atoms with E-state index in [0.29, 0.717) is 0 Å². The summed E-state index contributed by atoms with van der Waals surface area (Å²) in [7, 11) is 1.84. The molecule has 72 valence electrons. The highest BCUT2D eigenvalue weighted by Gasteiger charge is 2.09. The van der Waals surface area contributed by atoms with Gasteiger partial charge in [0.05, 0.1) is 11.1 Å². The number of carboxylic acids is 1. The molecule has 0 fully saturated rings. The Bertz CT molecular complexity index is 519. The number of hydrogen-bond acceptors (Lipinski definition) is 2. The highest BCUT2D eigenvalue weighted by molar-refractivity contribution is 14.1. The molecule has 0 aliphatic carbocycles. The van der Waals surface area contributed by atoms with Crippen LogP contribution in [0, 0.1) is 3.70 Å². The van der Waals surface area contributed by atoms with E-state index in [0.717, 1.165) is 14.6 Å². The van der Waals surface area contributed by atoms with Crippen molar-refractivity contribution in [1.82, 2.24) is 9.78 Å². The minimum Gasteiger partial charge on any atom is -0.478 e. The maximum absolute atomic E-state index is 10.7. The average Bonchev–Trinajstić information content (AvgIpc) is 2.42. The molecule has 0 spiro atoms. The highest BCUT2D eigenvalue weighted by atomic mass is 127. The van der Waals surface area contributed by atoms with Crippen molar-refractivity contribution in [3.8, 4) is 0 Å². The van der Waals surface area contributed by atoms with Crippen LogP contribution >= 0.6 is 22.6 Å². The van der Waals surface area contributed by atoms with Gasteiger partial charge in [-0.15, -0.1) is 0 Å². The highest BCUT2D eigenvalue weighted by Crippen LogP contribution is 2.20. The molecular formula is C9H7IN2O2. The molecule has 1 aromatic carbocycles. The topological polar surface area (TPSA) is 55.1 Å². The van der Waals surface area contributed by atoms with Gasteiger partial charge in [-0.2, -0.15) is 5.10 Å². The lowest BCUT2D eigenvalue weighted by atomic mass is 10.2. The summed E-state index contributed by atoms with van der Waals surface area (Å²) in [4.78, 5) is 10.7. The Morgan fingerprint density at radius 3 is 2.93 bits per heavy atom. The summed E-state index contributed by atoms with van der Waals surface area (Å²) in [5, 5.41) is 14.0. The SMILES string of the molecule is Cn1nc2cc(C(=O)O)ccc2c1I. The number of benzene rings is 1. The zero-order valence-electron chi connectivity index (χ0n) is 7.36. The molecule has 0 aliphatic rings. The van der Waals surface area contributed by atoms with Crippen LogP contribution in [0.4, 0.5) is 0 Å². The van der Waals surface area contributed by atoms with Crippen molar-refractivity contribution in [1.29, 1.82) is 0 Å². The summed E-state index contributed by atoms with van der Waals surface area (Å²) in [5.41, 5.74) is 0.990. The third kappa shape index (κ3) is 1.37. The fourth-order valence-electron chi connectivity index (χ4n) is 1.30. The number of aryl methyl sites for hydroxylation is 1. The Labute approximate surface area is 93.7 Å². The predicted molar refractivity (Wildman–Crippen MR) is 60.4 cm³/mol.